The van der Waals surface area contributed by atoms with Gasteiger partial charge in [-0.2, -0.15) is 0 Å². The Hall–Kier alpha value is -0.140. The second-order valence-electron chi connectivity index (χ2n) is 3.42. The summed E-state index contributed by atoms with van der Waals surface area (Å²) in [5, 5.41) is 0. The maximum Gasteiger partial charge on any atom is 0.0270 e. The minimum absolute atomic E-state index is 0.450. The molecule has 0 spiro atoms. The predicted molar refractivity (Wildman–Crippen MR) is 85.7 cm³/mol. The van der Waals surface area contributed by atoms with E-state index in [1.165, 1.54) is 14.1 Å². The lowest BCUT2D eigenvalue weighted by Crippen LogP contribution is -2.00. The van der Waals surface area contributed by atoms with Crippen LogP contribution in [0.2, 0.25) is 0 Å². The smallest absolute Gasteiger partial charge is 0.0270 e. The molecule has 0 saturated carbocycles. The van der Waals surface area contributed by atoms with Gasteiger partial charge in [0.05, 0.1) is 0 Å². The van der Waals surface area contributed by atoms with E-state index in [4.69, 9.17) is 6.42 Å². The minimum atomic E-state index is 0.450. The average Bonchev–Trinajstić information content (AvgIpc) is 2.25. The summed E-state index contributed by atoms with van der Waals surface area (Å²) in [4.78, 5) is 1.40. The molecule has 0 rings (SSSR count). The lowest BCUT2D eigenvalue weighted by atomic mass is 9.99. The van der Waals surface area contributed by atoms with Gasteiger partial charge in [-0.25, -0.2) is 0 Å². The van der Waals surface area contributed by atoms with Gasteiger partial charge >= 0.3 is 0 Å². The van der Waals surface area contributed by atoms with Gasteiger partial charge in [0.25, 0.3) is 0 Å². The highest BCUT2D eigenvalue weighted by Gasteiger charge is 2.12. The number of rotatable bonds is 5. The first-order chi connectivity index (χ1) is 7.58. The van der Waals surface area contributed by atoms with E-state index in [0.717, 1.165) is 0 Å². The van der Waals surface area contributed by atoms with Crippen LogP contribution in [0.15, 0.2) is 32.3 Å². The van der Waals surface area contributed by atoms with Crippen molar-refractivity contribution in [1.29, 1.82) is 0 Å². The van der Waals surface area contributed by atoms with E-state index in [-0.39, 0.29) is 0 Å². The van der Waals surface area contributed by atoms with Crippen LogP contribution >= 0.6 is 34.4 Å². The lowest BCUT2D eigenvalue weighted by molar-refractivity contribution is 0.868. The highest BCUT2D eigenvalue weighted by Crippen LogP contribution is 2.32. The van der Waals surface area contributed by atoms with Crippen LogP contribution in [0.4, 0.5) is 0 Å². The molecule has 16 heavy (non-hydrogen) atoms. The Balaban J connectivity index is 4.97. The second kappa shape index (κ2) is 8.95. The Morgan fingerprint density at radius 1 is 1.56 bits per heavy atom. The van der Waals surface area contributed by atoms with Crippen LogP contribution in [0.1, 0.15) is 27.2 Å². The van der Waals surface area contributed by atoms with Crippen molar-refractivity contribution in [3.8, 4) is 12.3 Å². The highest BCUT2D eigenvalue weighted by molar-refractivity contribution is 14.1. The fourth-order valence-electron chi connectivity index (χ4n) is 1.51. The number of terminal acetylenes is 1. The van der Waals surface area contributed by atoms with Crippen molar-refractivity contribution in [2.24, 2.45) is 5.92 Å². The Morgan fingerprint density at radius 2 is 2.19 bits per heavy atom. The maximum absolute atomic E-state index is 5.24. The zero-order chi connectivity index (χ0) is 12.6. The third kappa shape index (κ3) is 5.27. The number of allylic oxidation sites excluding steroid dienone is 6. The third-order valence-electron chi connectivity index (χ3n) is 2.34. The van der Waals surface area contributed by atoms with Gasteiger partial charge in [-0.1, -0.05) is 25.2 Å². The summed E-state index contributed by atoms with van der Waals surface area (Å²) >= 11 is 4.19. The van der Waals surface area contributed by atoms with Crippen LogP contribution in [0.5, 0.6) is 0 Å². The quantitative estimate of drug-likeness (QED) is 0.376. The third-order valence-corrected chi connectivity index (χ3v) is 4.03. The van der Waals surface area contributed by atoms with Crippen LogP contribution in [-0.2, 0) is 0 Å². The van der Waals surface area contributed by atoms with Gasteiger partial charge in [-0.05, 0) is 56.8 Å². The number of thioether (sulfide) groups is 1. The van der Waals surface area contributed by atoms with Gasteiger partial charge in [0.2, 0.25) is 0 Å². The van der Waals surface area contributed by atoms with Gasteiger partial charge < -0.3 is 0 Å². The molecule has 0 aliphatic rings. The van der Waals surface area contributed by atoms with Crippen LogP contribution in [-0.4, -0.2) is 6.26 Å². The largest absolute Gasteiger partial charge is 0.134 e. The van der Waals surface area contributed by atoms with E-state index in [2.05, 4.69) is 73.8 Å². The van der Waals surface area contributed by atoms with Crippen molar-refractivity contribution in [2.75, 3.05) is 6.26 Å². The van der Waals surface area contributed by atoms with Crippen molar-refractivity contribution < 1.29 is 0 Å². The first kappa shape index (κ1) is 15.9. The SMILES string of the molecule is C#CC/C=C\C(=C(/C)I)C(C)/C(=C\C)SC. The standard InChI is InChI=1S/C14H19IS/c1-6-8-9-10-13(12(4)15)11(3)14(7-2)16-5/h1,7,9-11H,8H2,2-5H3/b10-9-,13-12-,14-7+. The summed E-state index contributed by atoms with van der Waals surface area (Å²) in [5.74, 6) is 3.08. The summed E-state index contributed by atoms with van der Waals surface area (Å²) < 4.78 is 1.33. The lowest BCUT2D eigenvalue weighted by Gasteiger charge is -2.16. The summed E-state index contributed by atoms with van der Waals surface area (Å²) in [5.41, 5.74) is 1.36. The predicted octanol–water partition coefficient (Wildman–Crippen LogP) is 5.18. The van der Waals surface area contributed by atoms with Crippen molar-refractivity contribution >= 4 is 34.4 Å². The molecule has 0 aromatic heterocycles. The highest BCUT2D eigenvalue weighted by atomic mass is 127. The average molecular weight is 346 g/mol. The molecular weight excluding hydrogens is 327 g/mol. The summed E-state index contributed by atoms with van der Waals surface area (Å²) in [7, 11) is 0. The molecule has 0 nitrogen and oxygen atoms in total. The van der Waals surface area contributed by atoms with E-state index >= 15 is 0 Å². The van der Waals surface area contributed by atoms with Gasteiger partial charge in [0.15, 0.2) is 0 Å². The Kier molecular flexibility index (Phi) is 8.87. The molecule has 0 aromatic carbocycles. The van der Waals surface area contributed by atoms with Crippen LogP contribution in [0, 0.1) is 18.3 Å². The van der Waals surface area contributed by atoms with E-state index in [1.807, 2.05) is 11.8 Å². The Morgan fingerprint density at radius 3 is 2.56 bits per heavy atom. The van der Waals surface area contributed by atoms with Crippen molar-refractivity contribution in [3.05, 3.63) is 32.3 Å². The normalized spacial score (nSPS) is 15.9. The van der Waals surface area contributed by atoms with Gasteiger partial charge in [0, 0.05) is 12.3 Å². The molecule has 1 unspecified atom stereocenters. The molecule has 1 atom stereocenters. The molecule has 0 saturated heterocycles. The fraction of sp³-hybridized carbons (Fsp3) is 0.429. The summed E-state index contributed by atoms with van der Waals surface area (Å²) in [6.07, 6.45) is 14.5. The zero-order valence-corrected chi connectivity index (χ0v) is 13.4. The molecule has 0 heterocycles. The van der Waals surface area contributed by atoms with Gasteiger partial charge in [-0.3, -0.25) is 0 Å². The van der Waals surface area contributed by atoms with Crippen LogP contribution in [0.25, 0.3) is 0 Å². The fourth-order valence-corrected chi connectivity index (χ4v) is 2.87. The van der Waals surface area contributed by atoms with Crippen LogP contribution < -0.4 is 0 Å². The molecule has 0 radical (unpaired) electrons. The molecule has 0 amide bonds. The van der Waals surface area contributed by atoms with E-state index in [1.54, 1.807) is 0 Å². The molecule has 0 fully saturated rings. The zero-order valence-electron chi connectivity index (χ0n) is 10.4. The topological polar surface area (TPSA) is 0 Å². The summed E-state index contributed by atoms with van der Waals surface area (Å²) in [6, 6.07) is 0. The van der Waals surface area contributed by atoms with Gasteiger partial charge in [-0.15, -0.1) is 24.1 Å². The van der Waals surface area contributed by atoms with Gasteiger partial charge in [0.1, 0.15) is 0 Å². The van der Waals surface area contributed by atoms with Crippen molar-refractivity contribution in [1.82, 2.24) is 0 Å². The van der Waals surface area contributed by atoms with E-state index < -0.39 is 0 Å². The molecule has 0 bridgehead atoms. The van der Waals surface area contributed by atoms with E-state index in [9.17, 15) is 0 Å². The monoisotopic (exact) mass is 346 g/mol. The number of halogens is 1. The molecule has 0 aliphatic carbocycles. The molecular formula is C14H19IS. The molecule has 88 valence electrons. The maximum atomic E-state index is 5.24. The molecule has 0 N–H and O–H groups in total. The summed E-state index contributed by atoms with van der Waals surface area (Å²) in [6.45, 7) is 6.47. The van der Waals surface area contributed by atoms with Crippen molar-refractivity contribution in [2.45, 2.75) is 27.2 Å². The first-order valence-corrected chi connectivity index (χ1v) is 7.55. The Bertz CT molecular complexity index is 338. The molecule has 0 aliphatic heterocycles. The molecule has 2 heteroatoms. The second-order valence-corrected chi connectivity index (χ2v) is 5.91. The molecule has 0 aromatic rings. The van der Waals surface area contributed by atoms with Crippen LogP contribution in [0.3, 0.4) is 0 Å². The Labute approximate surface area is 118 Å². The number of hydrogen-bond donors (Lipinski definition) is 0. The van der Waals surface area contributed by atoms with E-state index in [0.29, 0.717) is 12.3 Å². The number of hydrogen-bond acceptors (Lipinski definition) is 1. The minimum Gasteiger partial charge on any atom is -0.134 e. The van der Waals surface area contributed by atoms with Crippen molar-refractivity contribution in [3.63, 3.8) is 0 Å². The first-order valence-electron chi connectivity index (χ1n) is 5.24.